The molecule has 140 valence electrons. The van der Waals surface area contributed by atoms with Crippen LogP contribution in [0.25, 0.3) is 11.4 Å². The van der Waals surface area contributed by atoms with E-state index in [1.54, 1.807) is 0 Å². The number of nitrogens with two attached hydrogens (primary N) is 1. The smallest absolute Gasteiger partial charge is 0.234 e. The average molecular weight is 382 g/mol. The van der Waals surface area contributed by atoms with E-state index in [0.717, 1.165) is 22.5 Å². The summed E-state index contributed by atoms with van der Waals surface area (Å²) in [4.78, 5) is 14.2. The van der Waals surface area contributed by atoms with Crippen LogP contribution in [0.5, 0.6) is 0 Å². The van der Waals surface area contributed by atoms with E-state index in [9.17, 15) is 4.79 Å². The van der Waals surface area contributed by atoms with E-state index in [4.69, 9.17) is 5.84 Å². The maximum absolute atomic E-state index is 12.2. The van der Waals surface area contributed by atoms with Gasteiger partial charge in [-0.1, -0.05) is 35.5 Å². The van der Waals surface area contributed by atoms with Crippen LogP contribution in [-0.4, -0.2) is 40.6 Å². The number of aryl methyl sites for hydroxylation is 1. The summed E-state index contributed by atoms with van der Waals surface area (Å²) < 4.78 is 1.42. The van der Waals surface area contributed by atoms with Crippen LogP contribution < -0.4 is 16.1 Å². The van der Waals surface area contributed by atoms with E-state index >= 15 is 0 Å². The summed E-state index contributed by atoms with van der Waals surface area (Å²) in [6.45, 7) is 2.01. The van der Waals surface area contributed by atoms with Gasteiger partial charge in [0.2, 0.25) is 11.1 Å². The van der Waals surface area contributed by atoms with Crippen molar-refractivity contribution in [1.29, 1.82) is 0 Å². The Morgan fingerprint density at radius 3 is 2.59 bits per heavy atom. The lowest BCUT2D eigenvalue weighted by atomic mass is 10.1. The highest BCUT2D eigenvalue weighted by atomic mass is 32.2. The second kappa shape index (κ2) is 8.13. The molecule has 1 amide bonds. The second-order valence-corrected chi connectivity index (χ2v) is 7.27. The number of hydrogen-bond donors (Lipinski definition) is 2. The Bertz CT molecular complexity index is 936. The molecule has 0 saturated heterocycles. The van der Waals surface area contributed by atoms with Gasteiger partial charge in [0.05, 0.1) is 5.75 Å². The number of rotatable bonds is 6. The lowest BCUT2D eigenvalue weighted by Crippen LogP contribution is -2.16. The molecule has 0 atom stereocenters. The van der Waals surface area contributed by atoms with Gasteiger partial charge in [0.15, 0.2) is 5.82 Å². The SMILES string of the molecule is Cc1cccc(-c2nnc(SCC(=O)Nc3ccc(N(C)C)cc3)n2N)c1. The lowest BCUT2D eigenvalue weighted by molar-refractivity contribution is -0.113. The third-order valence-electron chi connectivity index (χ3n) is 3.94. The standard InChI is InChI=1S/C19H22N6OS/c1-13-5-4-6-14(11-13)18-22-23-19(25(18)20)27-12-17(26)21-15-7-9-16(10-8-15)24(2)3/h4-11H,12,20H2,1-3H3,(H,21,26). The van der Waals surface area contributed by atoms with E-state index in [1.165, 1.54) is 16.4 Å². The number of nitrogens with one attached hydrogen (secondary N) is 1. The maximum Gasteiger partial charge on any atom is 0.234 e. The number of carbonyl (C=O) groups is 1. The molecule has 0 aliphatic carbocycles. The fourth-order valence-electron chi connectivity index (χ4n) is 2.53. The molecule has 0 fully saturated rings. The third kappa shape index (κ3) is 4.59. The Hall–Kier alpha value is -3.00. The Morgan fingerprint density at radius 2 is 1.93 bits per heavy atom. The number of anilines is 2. The van der Waals surface area contributed by atoms with Crippen LogP contribution in [0.4, 0.5) is 11.4 Å². The summed E-state index contributed by atoms with van der Waals surface area (Å²) in [7, 11) is 3.94. The first-order valence-corrected chi connectivity index (χ1v) is 9.40. The molecule has 3 N–H and O–H groups in total. The van der Waals surface area contributed by atoms with Gasteiger partial charge in [-0.25, -0.2) is 4.68 Å². The van der Waals surface area contributed by atoms with Gasteiger partial charge in [-0.05, 0) is 37.3 Å². The van der Waals surface area contributed by atoms with Crippen LogP contribution in [0.3, 0.4) is 0 Å². The number of aromatic nitrogens is 3. The highest BCUT2D eigenvalue weighted by Gasteiger charge is 2.14. The fourth-order valence-corrected chi connectivity index (χ4v) is 3.18. The molecule has 8 heteroatoms. The molecule has 1 aromatic heterocycles. The Morgan fingerprint density at radius 1 is 1.19 bits per heavy atom. The summed E-state index contributed by atoms with van der Waals surface area (Å²) in [6.07, 6.45) is 0. The molecular formula is C19H22N6OS. The number of carbonyl (C=O) groups excluding carboxylic acids is 1. The summed E-state index contributed by atoms with van der Waals surface area (Å²) >= 11 is 1.25. The number of thioether (sulfide) groups is 1. The molecule has 0 radical (unpaired) electrons. The van der Waals surface area contributed by atoms with Crippen molar-refractivity contribution in [3.05, 3.63) is 54.1 Å². The fraction of sp³-hybridized carbons (Fsp3) is 0.211. The highest BCUT2D eigenvalue weighted by Crippen LogP contribution is 2.22. The molecule has 0 aliphatic heterocycles. The highest BCUT2D eigenvalue weighted by molar-refractivity contribution is 7.99. The van der Waals surface area contributed by atoms with Crippen LogP contribution >= 0.6 is 11.8 Å². The number of benzene rings is 2. The van der Waals surface area contributed by atoms with Gasteiger partial charge >= 0.3 is 0 Å². The van der Waals surface area contributed by atoms with Crippen LogP contribution in [-0.2, 0) is 4.79 Å². The first-order chi connectivity index (χ1) is 12.9. The average Bonchev–Trinajstić information content (AvgIpc) is 3.01. The molecule has 0 aliphatic rings. The van der Waals surface area contributed by atoms with Crippen LogP contribution in [0, 0.1) is 6.92 Å². The van der Waals surface area contributed by atoms with Gasteiger partial charge in [0.25, 0.3) is 0 Å². The number of amides is 1. The Kier molecular flexibility index (Phi) is 5.66. The van der Waals surface area contributed by atoms with Crippen molar-refractivity contribution in [3.63, 3.8) is 0 Å². The molecule has 3 aromatic rings. The summed E-state index contributed by atoms with van der Waals surface area (Å²) in [6, 6.07) is 15.5. The molecule has 7 nitrogen and oxygen atoms in total. The first-order valence-electron chi connectivity index (χ1n) is 8.41. The van der Waals surface area contributed by atoms with E-state index in [1.807, 2.05) is 74.4 Å². The van der Waals surface area contributed by atoms with Gasteiger partial charge in [0.1, 0.15) is 0 Å². The topological polar surface area (TPSA) is 89.1 Å². The second-order valence-electron chi connectivity index (χ2n) is 6.32. The Labute approximate surface area is 162 Å². The molecule has 27 heavy (non-hydrogen) atoms. The van der Waals surface area contributed by atoms with Gasteiger partial charge in [-0.2, -0.15) is 0 Å². The van der Waals surface area contributed by atoms with E-state index in [-0.39, 0.29) is 11.7 Å². The largest absolute Gasteiger partial charge is 0.378 e. The molecule has 2 aromatic carbocycles. The molecule has 0 saturated carbocycles. The van der Waals surface area contributed by atoms with Crippen molar-refractivity contribution < 1.29 is 4.79 Å². The zero-order chi connectivity index (χ0) is 19.4. The molecular weight excluding hydrogens is 360 g/mol. The minimum absolute atomic E-state index is 0.127. The predicted molar refractivity (Wildman–Crippen MR) is 110 cm³/mol. The number of nitrogens with zero attached hydrogens (tertiary/aromatic N) is 4. The minimum Gasteiger partial charge on any atom is -0.378 e. The maximum atomic E-state index is 12.2. The zero-order valence-electron chi connectivity index (χ0n) is 15.5. The molecule has 0 unspecified atom stereocenters. The van der Waals surface area contributed by atoms with Gasteiger partial charge in [0, 0.05) is 31.0 Å². The molecule has 0 bridgehead atoms. The van der Waals surface area contributed by atoms with Crippen LogP contribution in [0.2, 0.25) is 0 Å². The van der Waals surface area contributed by atoms with Crippen molar-refractivity contribution in [1.82, 2.24) is 14.9 Å². The van der Waals surface area contributed by atoms with Crippen molar-refractivity contribution in [2.24, 2.45) is 0 Å². The monoisotopic (exact) mass is 382 g/mol. The number of hydrogen-bond acceptors (Lipinski definition) is 6. The molecule has 1 heterocycles. The van der Waals surface area contributed by atoms with Crippen molar-refractivity contribution in [2.45, 2.75) is 12.1 Å². The van der Waals surface area contributed by atoms with Crippen molar-refractivity contribution in [2.75, 3.05) is 35.9 Å². The van der Waals surface area contributed by atoms with Crippen LogP contribution in [0.15, 0.2) is 53.7 Å². The summed E-state index contributed by atoms with van der Waals surface area (Å²) in [5, 5.41) is 11.6. The predicted octanol–water partition coefficient (Wildman–Crippen LogP) is 2.76. The zero-order valence-corrected chi connectivity index (χ0v) is 16.3. The van der Waals surface area contributed by atoms with Gasteiger partial charge in [-0.3, -0.25) is 4.79 Å². The van der Waals surface area contributed by atoms with E-state index < -0.39 is 0 Å². The molecule has 3 rings (SSSR count). The van der Waals surface area contributed by atoms with Crippen LogP contribution in [0.1, 0.15) is 5.56 Å². The normalized spacial score (nSPS) is 10.6. The summed E-state index contributed by atoms with van der Waals surface area (Å²) in [5.74, 6) is 6.74. The lowest BCUT2D eigenvalue weighted by Gasteiger charge is -2.13. The minimum atomic E-state index is -0.127. The number of nitrogen functional groups attached to an aromatic ring is 1. The van der Waals surface area contributed by atoms with E-state index in [2.05, 4.69) is 15.5 Å². The van der Waals surface area contributed by atoms with E-state index in [0.29, 0.717) is 11.0 Å². The van der Waals surface area contributed by atoms with Gasteiger partial charge < -0.3 is 16.1 Å². The molecule has 0 spiro atoms. The van der Waals surface area contributed by atoms with Gasteiger partial charge in [-0.15, -0.1) is 10.2 Å². The summed E-state index contributed by atoms with van der Waals surface area (Å²) in [5.41, 5.74) is 3.83. The Balaban J connectivity index is 1.61. The first kappa shape index (κ1) is 18.8. The quantitative estimate of drug-likeness (QED) is 0.503. The van der Waals surface area contributed by atoms with Crippen molar-refractivity contribution in [3.8, 4) is 11.4 Å². The van der Waals surface area contributed by atoms with Crippen molar-refractivity contribution >= 4 is 29.0 Å². The third-order valence-corrected chi connectivity index (χ3v) is 4.88.